The van der Waals surface area contributed by atoms with Crippen molar-refractivity contribution in [1.29, 1.82) is 0 Å². The third kappa shape index (κ3) is 4.97. The number of aliphatic hydroxyl groups is 3. The highest BCUT2D eigenvalue weighted by molar-refractivity contribution is 7.79. The van der Waals surface area contributed by atoms with E-state index in [0.717, 1.165) is 0 Å². The minimum atomic E-state index is -4.67. The highest BCUT2D eigenvalue weighted by Crippen LogP contribution is 2.53. The number of fused-ring (bicyclic) bond motifs is 3. The molecule has 0 spiro atoms. The van der Waals surface area contributed by atoms with Gasteiger partial charge in [-0.25, -0.2) is 0 Å². The van der Waals surface area contributed by atoms with Crippen LogP contribution in [0.1, 0.15) is 22.3 Å². The summed E-state index contributed by atoms with van der Waals surface area (Å²) in [4.78, 5) is 42.0. The lowest BCUT2D eigenvalue weighted by Crippen LogP contribution is -2.63. The Morgan fingerprint density at radius 3 is 2.13 bits per heavy atom. The normalized spacial score (nSPS) is 26.4. The standard InChI is InChI=1S/C23H26ClN3O7.H2O4S/c1-26(2)16-9-5-8-6-10-17(27(3)4)19(30)15(22(25)33)21(32)23(10,34)20(31)13(8)18(29)14(9)12(28)7-11(16)24;1-5(2,3)4/h7-8,10,17,28,30-31,34H,5-6H2,1-4H3,(H2,25,33);(H2,1,2,3,4)/t8?,10?,17-,23?;/m0./s1. The maximum absolute atomic E-state index is 13.6. The second-order valence-electron chi connectivity index (χ2n) is 9.89. The van der Waals surface area contributed by atoms with E-state index < -0.39 is 68.4 Å². The number of allylic oxidation sites excluding steroid dienone is 1. The number of ketones is 2. The van der Waals surface area contributed by atoms with E-state index in [1.54, 1.807) is 33.1 Å². The predicted octanol–water partition coefficient (Wildman–Crippen LogP) is 0.187. The summed E-state index contributed by atoms with van der Waals surface area (Å²) in [6.07, 6.45) is 0.197. The Morgan fingerprint density at radius 2 is 1.67 bits per heavy atom. The van der Waals surface area contributed by atoms with Crippen LogP contribution in [0.15, 0.2) is 28.7 Å². The van der Waals surface area contributed by atoms with Gasteiger partial charge in [0.1, 0.15) is 22.8 Å². The molecule has 0 aliphatic heterocycles. The van der Waals surface area contributed by atoms with E-state index in [0.29, 0.717) is 11.3 Å². The van der Waals surface area contributed by atoms with Crippen molar-refractivity contribution in [1.82, 2.24) is 4.90 Å². The van der Waals surface area contributed by atoms with Gasteiger partial charge in [-0.3, -0.25) is 28.4 Å². The number of carbonyl (C=O) groups excluding carboxylic acids is 3. The number of aliphatic hydroxyl groups excluding tert-OH is 2. The van der Waals surface area contributed by atoms with Gasteiger partial charge in [-0.2, -0.15) is 8.42 Å². The average molecular weight is 590 g/mol. The fourth-order valence-electron chi connectivity index (χ4n) is 5.76. The number of phenols is 1. The van der Waals surface area contributed by atoms with Crippen molar-refractivity contribution in [3.63, 3.8) is 0 Å². The van der Waals surface area contributed by atoms with Crippen molar-refractivity contribution in [3.8, 4) is 5.75 Å². The number of amides is 1. The second kappa shape index (κ2) is 10.1. The number of benzene rings is 1. The molecule has 0 bridgehead atoms. The van der Waals surface area contributed by atoms with Crippen molar-refractivity contribution in [2.24, 2.45) is 17.6 Å². The van der Waals surface area contributed by atoms with E-state index in [9.17, 15) is 34.8 Å². The summed E-state index contributed by atoms with van der Waals surface area (Å²) in [6, 6.07) is 0.192. The molecule has 1 amide bonds. The number of halogens is 1. The Bertz CT molecular complexity index is 1440. The van der Waals surface area contributed by atoms with Gasteiger partial charge in [0.15, 0.2) is 11.4 Å². The zero-order chi connectivity index (χ0) is 29.9. The fraction of sp³-hybridized carbons (Fsp3) is 0.435. The van der Waals surface area contributed by atoms with Crippen LogP contribution >= 0.6 is 11.6 Å². The number of anilines is 1. The van der Waals surface area contributed by atoms with Crippen LogP contribution in [0.2, 0.25) is 5.02 Å². The lowest BCUT2D eigenvalue weighted by molar-refractivity contribution is -0.148. The first-order chi connectivity index (χ1) is 17.7. The second-order valence-corrected chi connectivity index (χ2v) is 11.2. The minimum absolute atomic E-state index is 0.0197. The summed E-state index contributed by atoms with van der Waals surface area (Å²) >= 11 is 6.35. The minimum Gasteiger partial charge on any atom is -0.510 e. The van der Waals surface area contributed by atoms with E-state index in [-0.39, 0.29) is 34.8 Å². The lowest BCUT2D eigenvalue weighted by atomic mass is 9.58. The monoisotopic (exact) mass is 589 g/mol. The van der Waals surface area contributed by atoms with Crippen LogP contribution < -0.4 is 10.6 Å². The molecule has 0 saturated heterocycles. The topological polar surface area (TPSA) is 239 Å². The van der Waals surface area contributed by atoms with Crippen LogP contribution in [0.4, 0.5) is 5.69 Å². The molecule has 8 N–H and O–H groups in total. The van der Waals surface area contributed by atoms with Gasteiger partial charge in [-0.15, -0.1) is 0 Å². The molecule has 39 heavy (non-hydrogen) atoms. The van der Waals surface area contributed by atoms with Crippen LogP contribution in [-0.2, 0) is 26.4 Å². The Labute approximate surface area is 228 Å². The van der Waals surface area contributed by atoms with Crippen molar-refractivity contribution in [2.75, 3.05) is 33.1 Å². The first-order valence-electron chi connectivity index (χ1n) is 11.3. The number of primary amides is 1. The molecule has 214 valence electrons. The molecule has 0 saturated carbocycles. The summed E-state index contributed by atoms with van der Waals surface area (Å²) in [7, 11) is 1.97. The van der Waals surface area contributed by atoms with E-state index in [1.165, 1.54) is 11.0 Å². The largest absolute Gasteiger partial charge is 0.510 e. The molecule has 0 aromatic heterocycles. The van der Waals surface area contributed by atoms with E-state index in [1.807, 2.05) is 0 Å². The SMILES string of the molecule is CN(C)c1c(Cl)cc(O)c2c1CC1CC3[C@H](N(C)C)C(O)=C(C(N)=O)C(=O)C3(O)C(O)=C1C2=O.O=S(=O)(O)O. The molecule has 3 aliphatic carbocycles. The van der Waals surface area contributed by atoms with Crippen molar-refractivity contribution < 1.29 is 52.3 Å². The van der Waals surface area contributed by atoms with Gasteiger partial charge < -0.3 is 31.1 Å². The zero-order valence-electron chi connectivity index (χ0n) is 21.2. The van der Waals surface area contributed by atoms with Gasteiger partial charge >= 0.3 is 10.4 Å². The molecule has 3 unspecified atom stereocenters. The molecule has 14 nitrogen and oxygen atoms in total. The van der Waals surface area contributed by atoms with Crippen LogP contribution in [0, 0.1) is 11.8 Å². The molecular weight excluding hydrogens is 562 g/mol. The number of Topliss-reactive ketones (excluding diaryl/α,β-unsaturated/α-hetero) is 2. The number of hydrogen-bond acceptors (Lipinski definition) is 11. The maximum Gasteiger partial charge on any atom is 0.394 e. The highest BCUT2D eigenvalue weighted by atomic mass is 35.5. The molecule has 1 aromatic carbocycles. The number of aromatic hydroxyl groups is 1. The van der Waals surface area contributed by atoms with E-state index in [4.69, 9.17) is 34.9 Å². The molecule has 4 atom stereocenters. The number of carbonyl (C=O) groups is 3. The highest BCUT2D eigenvalue weighted by Gasteiger charge is 2.63. The maximum atomic E-state index is 13.6. The van der Waals surface area contributed by atoms with Crippen molar-refractivity contribution >= 4 is 45.2 Å². The zero-order valence-corrected chi connectivity index (χ0v) is 22.8. The number of hydrogen-bond donors (Lipinski definition) is 7. The van der Waals surface area contributed by atoms with Crippen molar-refractivity contribution in [3.05, 3.63) is 44.9 Å². The molecule has 3 aliphatic rings. The first-order valence-corrected chi connectivity index (χ1v) is 13.1. The van der Waals surface area contributed by atoms with Gasteiger partial charge in [0.2, 0.25) is 5.78 Å². The molecule has 16 heteroatoms. The van der Waals surface area contributed by atoms with E-state index >= 15 is 0 Å². The number of nitrogens with two attached hydrogens (primary N) is 1. The third-order valence-electron chi connectivity index (χ3n) is 7.10. The molecular formula is C23H28ClN3O11S. The summed E-state index contributed by atoms with van der Waals surface area (Å²) in [6.45, 7) is 0. The third-order valence-corrected chi connectivity index (χ3v) is 7.38. The van der Waals surface area contributed by atoms with Crippen molar-refractivity contribution in [2.45, 2.75) is 24.5 Å². The Balaban J connectivity index is 0.000000771. The average Bonchev–Trinajstić information content (AvgIpc) is 2.74. The van der Waals surface area contributed by atoms with Crippen LogP contribution in [0.5, 0.6) is 5.75 Å². The number of likely N-dealkylation sites (N-methyl/N-ethyl adjacent to an activating group) is 1. The Hall–Kier alpha value is -3.21. The predicted molar refractivity (Wildman–Crippen MR) is 137 cm³/mol. The van der Waals surface area contributed by atoms with E-state index in [2.05, 4.69) is 0 Å². The molecule has 1 aromatic rings. The Morgan fingerprint density at radius 1 is 1.13 bits per heavy atom. The lowest BCUT2D eigenvalue weighted by Gasteiger charge is -2.50. The van der Waals surface area contributed by atoms with Gasteiger partial charge in [0.05, 0.1) is 22.3 Å². The molecule has 4 rings (SSSR count). The number of phenolic OH excluding ortho intramolecular Hbond substituents is 1. The summed E-state index contributed by atoms with van der Waals surface area (Å²) in [5.41, 5.74) is 2.56. The number of rotatable bonds is 3. The van der Waals surface area contributed by atoms with Crippen LogP contribution in [0.3, 0.4) is 0 Å². The van der Waals surface area contributed by atoms with Crippen LogP contribution in [0.25, 0.3) is 0 Å². The van der Waals surface area contributed by atoms with Gasteiger partial charge in [-0.1, -0.05) is 11.6 Å². The summed E-state index contributed by atoms with van der Waals surface area (Å²) in [5.74, 6) is -6.89. The fourth-order valence-corrected chi connectivity index (χ4v) is 6.15. The number of nitrogens with zero attached hydrogens (tertiary/aromatic N) is 2. The Kier molecular flexibility index (Phi) is 7.84. The van der Waals surface area contributed by atoms with Crippen LogP contribution in [-0.4, -0.2) is 100 Å². The van der Waals surface area contributed by atoms with Gasteiger partial charge in [-0.05, 0) is 38.4 Å². The first kappa shape index (κ1) is 30.3. The van der Waals surface area contributed by atoms with Gasteiger partial charge in [0.25, 0.3) is 5.91 Å². The molecule has 0 radical (unpaired) electrons. The summed E-state index contributed by atoms with van der Waals surface area (Å²) < 4.78 is 31.6. The molecule has 0 fully saturated rings. The van der Waals surface area contributed by atoms with Gasteiger partial charge in [0, 0.05) is 31.7 Å². The molecule has 0 heterocycles. The smallest absolute Gasteiger partial charge is 0.394 e. The quantitative estimate of drug-likeness (QED) is 0.184. The summed E-state index contributed by atoms with van der Waals surface area (Å²) in [5, 5.41) is 44.3.